The molecule has 6 nitrogen and oxygen atoms in total. The molecule has 124 valence electrons. The lowest BCUT2D eigenvalue weighted by molar-refractivity contribution is -0.155. The van der Waals surface area contributed by atoms with E-state index in [1.54, 1.807) is 29.2 Å². The van der Waals surface area contributed by atoms with Gasteiger partial charge in [0.2, 0.25) is 5.91 Å². The van der Waals surface area contributed by atoms with Gasteiger partial charge in [-0.15, -0.1) is 0 Å². The molecule has 0 aromatic heterocycles. The summed E-state index contributed by atoms with van der Waals surface area (Å²) in [5.41, 5.74) is 1.18. The molecule has 0 saturated carbocycles. The van der Waals surface area contributed by atoms with Crippen molar-refractivity contribution in [1.82, 2.24) is 4.90 Å². The van der Waals surface area contributed by atoms with Gasteiger partial charge in [-0.25, -0.2) is 0 Å². The van der Waals surface area contributed by atoms with Crippen LogP contribution in [0.3, 0.4) is 0 Å². The minimum atomic E-state index is -0.716. The summed E-state index contributed by atoms with van der Waals surface area (Å²) < 4.78 is 5.43. The third-order valence-electron chi connectivity index (χ3n) is 3.71. The molecule has 1 unspecified atom stereocenters. The summed E-state index contributed by atoms with van der Waals surface area (Å²) in [7, 11) is 0. The number of hydrogen-bond acceptors (Lipinski definition) is 4. The van der Waals surface area contributed by atoms with E-state index >= 15 is 0 Å². The van der Waals surface area contributed by atoms with Crippen molar-refractivity contribution in [1.29, 1.82) is 0 Å². The molecule has 2 amide bonds. The molecule has 1 aromatic rings. The highest BCUT2D eigenvalue weighted by molar-refractivity contribution is 5.97. The van der Waals surface area contributed by atoms with Crippen molar-refractivity contribution in [2.75, 3.05) is 25.0 Å². The Morgan fingerprint density at radius 1 is 1.30 bits per heavy atom. The standard InChI is InChI=1S/C17H22N2O4/c1-3-8-19-9-10-23-15(17(19)22)11-16(21)18-14-6-4-13(5-7-14)12(2)20/h4-7,15H,3,8-11H2,1-2H3,(H,18,21). The van der Waals surface area contributed by atoms with Crippen LogP contribution in [0.25, 0.3) is 0 Å². The van der Waals surface area contributed by atoms with Crippen molar-refractivity contribution in [2.45, 2.75) is 32.8 Å². The Balaban J connectivity index is 1.91. The van der Waals surface area contributed by atoms with Crippen molar-refractivity contribution in [3.05, 3.63) is 29.8 Å². The van der Waals surface area contributed by atoms with Crippen LogP contribution in [0, 0.1) is 0 Å². The van der Waals surface area contributed by atoms with Crippen molar-refractivity contribution in [2.24, 2.45) is 0 Å². The number of nitrogens with zero attached hydrogens (tertiary/aromatic N) is 1. The largest absolute Gasteiger partial charge is 0.366 e. The number of ketones is 1. The summed E-state index contributed by atoms with van der Waals surface area (Å²) in [6.07, 6.45) is 0.160. The summed E-state index contributed by atoms with van der Waals surface area (Å²) in [5, 5.41) is 2.72. The molecule has 1 N–H and O–H groups in total. The molecule has 6 heteroatoms. The van der Waals surface area contributed by atoms with Gasteiger partial charge in [-0.05, 0) is 37.6 Å². The van der Waals surface area contributed by atoms with Crippen molar-refractivity contribution < 1.29 is 19.1 Å². The SMILES string of the molecule is CCCN1CCOC(CC(=O)Nc2ccc(C(C)=O)cc2)C1=O. The molecule has 1 aliphatic heterocycles. The van der Waals surface area contributed by atoms with E-state index in [-0.39, 0.29) is 24.0 Å². The second-order valence-electron chi connectivity index (χ2n) is 5.57. The highest BCUT2D eigenvalue weighted by Crippen LogP contribution is 2.14. The van der Waals surface area contributed by atoms with E-state index in [2.05, 4.69) is 5.32 Å². The van der Waals surface area contributed by atoms with E-state index in [1.165, 1.54) is 6.92 Å². The predicted molar refractivity (Wildman–Crippen MR) is 86.3 cm³/mol. The maximum Gasteiger partial charge on any atom is 0.252 e. The first-order valence-electron chi connectivity index (χ1n) is 7.82. The lowest BCUT2D eigenvalue weighted by Crippen LogP contribution is -2.49. The first kappa shape index (κ1) is 17.1. The fourth-order valence-corrected chi connectivity index (χ4v) is 2.50. The minimum Gasteiger partial charge on any atom is -0.366 e. The average Bonchev–Trinajstić information content (AvgIpc) is 2.52. The monoisotopic (exact) mass is 318 g/mol. The molecule has 1 fully saturated rings. The summed E-state index contributed by atoms with van der Waals surface area (Å²) in [5.74, 6) is -0.433. The molecule has 23 heavy (non-hydrogen) atoms. The van der Waals surface area contributed by atoms with E-state index in [9.17, 15) is 14.4 Å². The molecular formula is C17H22N2O4. The maximum absolute atomic E-state index is 12.2. The topological polar surface area (TPSA) is 75.7 Å². The van der Waals surface area contributed by atoms with Crippen molar-refractivity contribution >= 4 is 23.3 Å². The fraction of sp³-hybridized carbons (Fsp3) is 0.471. The van der Waals surface area contributed by atoms with Crippen molar-refractivity contribution in [3.8, 4) is 0 Å². The number of ether oxygens (including phenoxy) is 1. The smallest absolute Gasteiger partial charge is 0.252 e. The normalized spacial score (nSPS) is 17.9. The van der Waals surface area contributed by atoms with Crippen LogP contribution in [0.15, 0.2) is 24.3 Å². The Morgan fingerprint density at radius 3 is 2.61 bits per heavy atom. The molecule has 0 aliphatic carbocycles. The maximum atomic E-state index is 12.2. The Kier molecular flexibility index (Phi) is 5.87. The van der Waals surface area contributed by atoms with Crippen LogP contribution in [-0.4, -0.2) is 48.3 Å². The van der Waals surface area contributed by atoms with Gasteiger partial charge in [-0.1, -0.05) is 6.92 Å². The highest BCUT2D eigenvalue weighted by Gasteiger charge is 2.30. The number of hydrogen-bond donors (Lipinski definition) is 1. The quantitative estimate of drug-likeness (QED) is 0.812. The Labute approximate surface area is 135 Å². The third-order valence-corrected chi connectivity index (χ3v) is 3.71. The van der Waals surface area contributed by atoms with Crippen LogP contribution in [-0.2, 0) is 14.3 Å². The van der Waals surface area contributed by atoms with Crippen LogP contribution < -0.4 is 5.32 Å². The van der Waals surface area contributed by atoms with Crippen LogP contribution in [0.4, 0.5) is 5.69 Å². The predicted octanol–water partition coefficient (Wildman–Crippen LogP) is 1.86. The van der Waals surface area contributed by atoms with Crippen LogP contribution in [0.2, 0.25) is 0 Å². The summed E-state index contributed by atoms with van der Waals surface area (Å²) in [4.78, 5) is 37.2. The molecule has 0 radical (unpaired) electrons. The molecule has 1 heterocycles. The van der Waals surface area contributed by atoms with Gasteiger partial charge in [-0.3, -0.25) is 14.4 Å². The van der Waals surface area contributed by atoms with Crippen LogP contribution >= 0.6 is 0 Å². The zero-order valence-electron chi connectivity index (χ0n) is 13.5. The molecule has 2 rings (SSSR count). The van der Waals surface area contributed by atoms with Crippen LogP contribution in [0.5, 0.6) is 0 Å². The second-order valence-corrected chi connectivity index (χ2v) is 5.57. The zero-order valence-corrected chi connectivity index (χ0v) is 13.5. The number of nitrogens with one attached hydrogen (secondary N) is 1. The Hall–Kier alpha value is -2.21. The zero-order chi connectivity index (χ0) is 16.8. The van der Waals surface area contributed by atoms with Gasteiger partial charge in [0.05, 0.1) is 13.0 Å². The molecule has 1 saturated heterocycles. The number of carbonyl (C=O) groups is 3. The fourth-order valence-electron chi connectivity index (χ4n) is 2.50. The lowest BCUT2D eigenvalue weighted by Gasteiger charge is -2.32. The van der Waals surface area contributed by atoms with E-state index < -0.39 is 6.10 Å². The van der Waals surface area contributed by atoms with E-state index in [0.717, 1.165) is 6.42 Å². The Bertz CT molecular complexity index is 581. The summed E-state index contributed by atoms with van der Waals surface area (Å²) in [6.45, 7) is 5.22. The van der Waals surface area contributed by atoms with E-state index in [4.69, 9.17) is 4.74 Å². The van der Waals surface area contributed by atoms with Crippen LogP contribution in [0.1, 0.15) is 37.0 Å². The first-order valence-corrected chi connectivity index (χ1v) is 7.82. The van der Waals surface area contributed by atoms with Gasteiger partial charge in [0.25, 0.3) is 5.91 Å². The van der Waals surface area contributed by atoms with Gasteiger partial charge in [0.1, 0.15) is 6.10 Å². The summed E-state index contributed by atoms with van der Waals surface area (Å²) in [6, 6.07) is 6.65. The highest BCUT2D eigenvalue weighted by atomic mass is 16.5. The summed E-state index contributed by atoms with van der Waals surface area (Å²) >= 11 is 0. The molecule has 1 aliphatic rings. The first-order chi connectivity index (χ1) is 11.0. The van der Waals surface area contributed by atoms with E-state index in [0.29, 0.717) is 30.9 Å². The number of anilines is 1. The molecule has 1 atom stereocenters. The Morgan fingerprint density at radius 2 is 2.00 bits per heavy atom. The van der Waals surface area contributed by atoms with E-state index in [1.807, 2.05) is 6.92 Å². The second kappa shape index (κ2) is 7.87. The average molecular weight is 318 g/mol. The number of Topliss-reactive ketones (excluding diaryl/α,β-unsaturated/α-hetero) is 1. The lowest BCUT2D eigenvalue weighted by atomic mass is 10.1. The number of morpholine rings is 1. The number of amides is 2. The van der Waals surface area contributed by atoms with Gasteiger partial charge >= 0.3 is 0 Å². The molecule has 0 bridgehead atoms. The van der Waals surface area contributed by atoms with Gasteiger partial charge in [0, 0.05) is 24.3 Å². The van der Waals surface area contributed by atoms with Gasteiger partial charge in [-0.2, -0.15) is 0 Å². The van der Waals surface area contributed by atoms with Crippen molar-refractivity contribution in [3.63, 3.8) is 0 Å². The van der Waals surface area contributed by atoms with Gasteiger partial charge < -0.3 is 15.0 Å². The molecule has 0 spiro atoms. The molecule has 1 aromatic carbocycles. The van der Waals surface area contributed by atoms with Gasteiger partial charge in [0.15, 0.2) is 5.78 Å². The number of carbonyl (C=O) groups excluding carboxylic acids is 3. The number of benzene rings is 1. The number of rotatable bonds is 6. The minimum absolute atomic E-state index is 0.00644. The molecular weight excluding hydrogens is 296 g/mol. The third kappa shape index (κ3) is 4.63.